The van der Waals surface area contributed by atoms with E-state index in [9.17, 15) is 29.7 Å². The predicted octanol–water partition coefficient (Wildman–Crippen LogP) is 7.95. The van der Waals surface area contributed by atoms with E-state index >= 15 is 0 Å². The molecule has 0 bridgehead atoms. The van der Waals surface area contributed by atoms with Crippen molar-refractivity contribution in [3.63, 3.8) is 0 Å². The van der Waals surface area contributed by atoms with Crippen molar-refractivity contribution in [1.29, 1.82) is 0 Å². The fraction of sp³-hybridized carbons (Fsp3) is 0.581. The van der Waals surface area contributed by atoms with Gasteiger partial charge in [0.05, 0.1) is 16.7 Å². The largest absolute Gasteiger partial charge is 0.478 e. The number of fused-ring (bicyclic) bond motifs is 1. The van der Waals surface area contributed by atoms with Crippen molar-refractivity contribution in [2.45, 2.75) is 92.9 Å². The first kappa shape index (κ1) is 31.1. The van der Waals surface area contributed by atoms with Crippen molar-refractivity contribution >= 4 is 34.4 Å². The van der Waals surface area contributed by atoms with Gasteiger partial charge in [-0.05, 0) is 47.9 Å². The highest BCUT2D eigenvalue weighted by atomic mass is 16.4. The SMILES string of the molecule is CCCCCC(C)(C)CN(CC(C)(C)CCCCC)c1ccc(C(=O)O)c2c(C(=O)O)ccc(C(=O)O)c12. The summed E-state index contributed by atoms with van der Waals surface area (Å²) in [5, 5.41) is 30.0. The molecule has 0 atom stereocenters. The second kappa shape index (κ2) is 13.1. The molecule has 2 rings (SSSR count). The van der Waals surface area contributed by atoms with Crippen molar-refractivity contribution in [2.75, 3.05) is 18.0 Å². The third-order valence-electron chi connectivity index (χ3n) is 7.32. The smallest absolute Gasteiger partial charge is 0.336 e. The minimum Gasteiger partial charge on any atom is -0.478 e. The number of nitrogens with zero attached hydrogens (tertiary/aromatic N) is 1. The first-order valence-corrected chi connectivity index (χ1v) is 13.8. The molecule has 0 saturated carbocycles. The Morgan fingerprint density at radius 3 is 1.37 bits per heavy atom. The van der Waals surface area contributed by atoms with Crippen LogP contribution in [-0.4, -0.2) is 46.3 Å². The standard InChI is InChI=1S/C31H45NO6/c1-7-9-11-17-30(3,4)19-32(20-31(5,6)18-12-10-8-2)24-16-15-22(28(35)36)25-21(27(33)34)13-14-23(26(24)25)29(37)38/h13-16H,7-12,17-20H2,1-6H3,(H,33,34)(H,35,36)(H,37,38). The Hall–Kier alpha value is -3.09. The highest BCUT2D eigenvalue weighted by Gasteiger charge is 2.31. The number of hydrogen-bond donors (Lipinski definition) is 3. The Labute approximate surface area is 226 Å². The molecule has 0 heterocycles. The van der Waals surface area contributed by atoms with Crippen LogP contribution in [0.5, 0.6) is 0 Å². The van der Waals surface area contributed by atoms with Gasteiger partial charge in [-0.3, -0.25) is 0 Å². The summed E-state index contributed by atoms with van der Waals surface area (Å²) < 4.78 is 0. The average Bonchev–Trinajstić information content (AvgIpc) is 2.81. The molecule has 0 aliphatic heterocycles. The Morgan fingerprint density at radius 2 is 1.00 bits per heavy atom. The number of benzene rings is 2. The number of carboxylic acids is 3. The number of carbonyl (C=O) groups is 3. The second-order valence-electron chi connectivity index (χ2n) is 12.1. The summed E-state index contributed by atoms with van der Waals surface area (Å²) in [6.07, 6.45) is 8.65. The molecule has 0 saturated heterocycles. The number of carboxylic acid groups (broad SMARTS) is 3. The van der Waals surface area contributed by atoms with E-state index in [1.165, 1.54) is 18.2 Å². The number of hydrogen-bond acceptors (Lipinski definition) is 4. The summed E-state index contributed by atoms with van der Waals surface area (Å²) in [4.78, 5) is 38.8. The lowest BCUT2D eigenvalue weighted by Gasteiger charge is -2.40. The summed E-state index contributed by atoms with van der Waals surface area (Å²) in [6.45, 7) is 14.4. The third kappa shape index (κ3) is 7.95. The highest BCUT2D eigenvalue weighted by Crippen LogP contribution is 2.39. The minimum atomic E-state index is -1.29. The van der Waals surface area contributed by atoms with Crippen molar-refractivity contribution < 1.29 is 29.7 Å². The second-order valence-corrected chi connectivity index (χ2v) is 12.1. The summed E-state index contributed by atoms with van der Waals surface area (Å²) in [6, 6.07) is 5.55. The van der Waals surface area contributed by atoms with E-state index in [4.69, 9.17) is 0 Å². The Morgan fingerprint density at radius 1 is 0.632 bits per heavy atom. The third-order valence-corrected chi connectivity index (χ3v) is 7.32. The van der Waals surface area contributed by atoms with Gasteiger partial charge in [-0.25, -0.2) is 14.4 Å². The van der Waals surface area contributed by atoms with Crippen LogP contribution in [0.4, 0.5) is 5.69 Å². The van der Waals surface area contributed by atoms with E-state index in [0.29, 0.717) is 18.8 Å². The van der Waals surface area contributed by atoms with E-state index in [1.54, 1.807) is 6.07 Å². The molecule has 7 nitrogen and oxygen atoms in total. The molecule has 0 aromatic heterocycles. The Bertz CT molecular complexity index is 1110. The molecule has 210 valence electrons. The monoisotopic (exact) mass is 527 g/mol. The molecule has 7 heteroatoms. The lowest BCUT2D eigenvalue weighted by molar-refractivity contribution is 0.0681. The minimum absolute atomic E-state index is 0.0417. The highest BCUT2D eigenvalue weighted by molar-refractivity contribution is 6.20. The zero-order chi connectivity index (χ0) is 28.7. The van der Waals surface area contributed by atoms with Gasteiger partial charge in [-0.2, -0.15) is 0 Å². The molecule has 0 aliphatic carbocycles. The maximum Gasteiger partial charge on any atom is 0.336 e. The fourth-order valence-corrected chi connectivity index (χ4v) is 5.40. The maximum atomic E-state index is 12.4. The molecule has 0 spiro atoms. The van der Waals surface area contributed by atoms with Crippen molar-refractivity contribution in [2.24, 2.45) is 10.8 Å². The van der Waals surface area contributed by atoms with Gasteiger partial charge in [0.2, 0.25) is 0 Å². The van der Waals surface area contributed by atoms with E-state index in [2.05, 4.69) is 46.4 Å². The fourth-order valence-electron chi connectivity index (χ4n) is 5.40. The molecule has 3 N–H and O–H groups in total. The van der Waals surface area contributed by atoms with E-state index in [0.717, 1.165) is 51.4 Å². The topological polar surface area (TPSA) is 115 Å². The summed E-state index contributed by atoms with van der Waals surface area (Å²) in [5.74, 6) is -3.81. The molecule has 38 heavy (non-hydrogen) atoms. The number of unbranched alkanes of at least 4 members (excludes halogenated alkanes) is 4. The molecular formula is C31H45NO6. The molecule has 0 unspecified atom stereocenters. The van der Waals surface area contributed by atoms with Crippen molar-refractivity contribution in [1.82, 2.24) is 0 Å². The van der Waals surface area contributed by atoms with E-state index < -0.39 is 17.9 Å². The lowest BCUT2D eigenvalue weighted by Crippen LogP contribution is -2.41. The van der Waals surface area contributed by atoms with Crippen LogP contribution in [0.1, 0.15) is 124 Å². The number of rotatable bonds is 16. The number of anilines is 1. The predicted molar refractivity (Wildman–Crippen MR) is 153 cm³/mol. The Balaban J connectivity index is 2.81. The van der Waals surface area contributed by atoms with Crippen LogP contribution in [0.15, 0.2) is 24.3 Å². The molecule has 0 amide bonds. The molecule has 0 fully saturated rings. The molecule has 0 aliphatic rings. The van der Waals surface area contributed by atoms with Crippen LogP contribution in [-0.2, 0) is 0 Å². The zero-order valence-electron chi connectivity index (χ0n) is 23.9. The van der Waals surface area contributed by atoms with E-state index in [-0.39, 0.29) is 38.3 Å². The summed E-state index contributed by atoms with van der Waals surface area (Å²) in [7, 11) is 0. The van der Waals surface area contributed by atoms with Gasteiger partial charge in [-0.1, -0.05) is 80.1 Å². The Kier molecular flexibility index (Phi) is 10.7. The van der Waals surface area contributed by atoms with Gasteiger partial charge in [0, 0.05) is 29.5 Å². The molecule has 2 aromatic carbocycles. The van der Waals surface area contributed by atoms with Gasteiger partial charge in [0.15, 0.2) is 0 Å². The first-order chi connectivity index (χ1) is 17.7. The van der Waals surface area contributed by atoms with E-state index in [1.807, 2.05) is 0 Å². The van der Waals surface area contributed by atoms with Gasteiger partial charge in [0.1, 0.15) is 0 Å². The van der Waals surface area contributed by atoms with Crippen molar-refractivity contribution in [3.05, 3.63) is 41.0 Å². The van der Waals surface area contributed by atoms with Crippen LogP contribution in [0.2, 0.25) is 0 Å². The van der Waals surface area contributed by atoms with Gasteiger partial charge in [0.25, 0.3) is 0 Å². The van der Waals surface area contributed by atoms with Crippen molar-refractivity contribution in [3.8, 4) is 0 Å². The average molecular weight is 528 g/mol. The quantitative estimate of drug-likeness (QED) is 0.190. The molecular weight excluding hydrogens is 482 g/mol. The van der Waals surface area contributed by atoms with Crippen LogP contribution in [0, 0.1) is 10.8 Å². The summed E-state index contributed by atoms with van der Waals surface area (Å²) >= 11 is 0. The zero-order valence-corrected chi connectivity index (χ0v) is 23.9. The number of aromatic carboxylic acids is 3. The van der Waals surface area contributed by atoms with Crippen LogP contribution >= 0.6 is 0 Å². The van der Waals surface area contributed by atoms with Crippen LogP contribution in [0.25, 0.3) is 10.8 Å². The molecule has 0 radical (unpaired) electrons. The van der Waals surface area contributed by atoms with Gasteiger partial charge < -0.3 is 20.2 Å². The van der Waals surface area contributed by atoms with Crippen LogP contribution < -0.4 is 4.90 Å². The maximum absolute atomic E-state index is 12.4. The summed E-state index contributed by atoms with van der Waals surface area (Å²) in [5.41, 5.74) is -0.152. The lowest BCUT2D eigenvalue weighted by atomic mass is 9.82. The first-order valence-electron chi connectivity index (χ1n) is 13.8. The normalized spacial score (nSPS) is 12.1. The van der Waals surface area contributed by atoms with Gasteiger partial charge >= 0.3 is 17.9 Å². The van der Waals surface area contributed by atoms with Crippen LogP contribution in [0.3, 0.4) is 0 Å². The van der Waals surface area contributed by atoms with Gasteiger partial charge in [-0.15, -0.1) is 0 Å². The molecule has 2 aromatic rings.